The number of anilines is 1. The van der Waals surface area contributed by atoms with Crippen molar-refractivity contribution in [3.05, 3.63) is 57.1 Å². The lowest BCUT2D eigenvalue weighted by atomic mass is 9.95. The molecule has 0 radical (unpaired) electrons. The highest BCUT2D eigenvalue weighted by atomic mass is 16.5. The van der Waals surface area contributed by atoms with Crippen LogP contribution in [0.5, 0.6) is 5.75 Å². The molecule has 0 bridgehead atoms. The fourth-order valence-corrected chi connectivity index (χ4v) is 3.37. The number of carbonyl (C=O) groups excluding carboxylic acids is 2. The van der Waals surface area contributed by atoms with Crippen molar-refractivity contribution < 1.29 is 18.7 Å². The third kappa shape index (κ3) is 4.07. The van der Waals surface area contributed by atoms with Gasteiger partial charge in [0.25, 0.3) is 11.8 Å². The maximum absolute atomic E-state index is 12.6. The highest BCUT2D eigenvalue weighted by Crippen LogP contribution is 2.25. The maximum atomic E-state index is 12.6. The smallest absolute Gasteiger partial charge is 0.349 e. The van der Waals surface area contributed by atoms with E-state index in [-0.39, 0.29) is 17.0 Å². The second kappa shape index (κ2) is 8.26. The Labute approximate surface area is 162 Å². The number of nitrogens with two attached hydrogens (primary N) is 1. The van der Waals surface area contributed by atoms with Crippen molar-refractivity contribution in [3.8, 4) is 5.75 Å². The predicted molar refractivity (Wildman–Crippen MR) is 104 cm³/mol. The topological polar surface area (TPSA) is 124 Å². The Hall–Kier alpha value is -3.13. The van der Waals surface area contributed by atoms with Gasteiger partial charge in [0.15, 0.2) is 0 Å². The molecule has 1 aromatic heterocycles. The lowest BCUT2D eigenvalue weighted by Gasteiger charge is -2.22. The molecule has 3 rings (SSSR count). The summed E-state index contributed by atoms with van der Waals surface area (Å²) in [6.07, 6.45) is 1.94. The number of hydrogen-bond acceptors (Lipinski definition) is 6. The van der Waals surface area contributed by atoms with Gasteiger partial charge in [-0.25, -0.2) is 4.79 Å². The largest absolute Gasteiger partial charge is 0.496 e. The highest BCUT2D eigenvalue weighted by molar-refractivity contribution is 6.06. The van der Waals surface area contributed by atoms with Crippen LogP contribution in [0.2, 0.25) is 0 Å². The quantitative estimate of drug-likeness (QED) is 0.721. The summed E-state index contributed by atoms with van der Waals surface area (Å²) >= 11 is 0. The monoisotopic (exact) mass is 385 g/mol. The van der Waals surface area contributed by atoms with Crippen LogP contribution in [0.3, 0.4) is 0 Å². The van der Waals surface area contributed by atoms with E-state index in [4.69, 9.17) is 14.9 Å². The van der Waals surface area contributed by atoms with Gasteiger partial charge in [-0.1, -0.05) is 0 Å². The Kier molecular flexibility index (Phi) is 5.79. The van der Waals surface area contributed by atoms with Gasteiger partial charge in [-0.2, -0.15) is 0 Å². The summed E-state index contributed by atoms with van der Waals surface area (Å²) in [5.74, 6) is -0.287. The van der Waals surface area contributed by atoms with Gasteiger partial charge < -0.3 is 25.5 Å². The van der Waals surface area contributed by atoms with Crippen LogP contribution < -0.4 is 26.7 Å². The molecule has 2 aromatic rings. The van der Waals surface area contributed by atoms with E-state index in [1.165, 1.54) is 19.2 Å². The molecule has 0 aliphatic carbocycles. The van der Waals surface area contributed by atoms with E-state index < -0.39 is 17.4 Å². The molecule has 8 heteroatoms. The molecule has 2 amide bonds. The molecule has 1 atom stereocenters. The number of piperidine rings is 1. The van der Waals surface area contributed by atoms with Gasteiger partial charge in [0, 0.05) is 18.2 Å². The number of nitrogens with one attached hydrogen (secondary N) is 2. The normalized spacial score (nSPS) is 16.4. The van der Waals surface area contributed by atoms with Crippen LogP contribution in [-0.2, 0) is 0 Å². The minimum atomic E-state index is -0.686. The maximum Gasteiger partial charge on any atom is 0.349 e. The second-order valence-corrected chi connectivity index (χ2v) is 6.77. The zero-order chi connectivity index (χ0) is 20.3. The number of hydrogen-bond donors (Lipinski definition) is 3. The zero-order valence-corrected chi connectivity index (χ0v) is 15.8. The molecule has 2 heterocycles. The Morgan fingerprint density at radius 3 is 2.71 bits per heavy atom. The van der Waals surface area contributed by atoms with E-state index in [0.717, 1.165) is 25.9 Å². The number of benzene rings is 1. The predicted octanol–water partition coefficient (Wildman–Crippen LogP) is 1.78. The first kappa shape index (κ1) is 19.6. The number of rotatable bonds is 5. The Bertz CT molecular complexity index is 961. The molecule has 0 saturated carbocycles. The first-order valence-corrected chi connectivity index (χ1v) is 9.05. The lowest BCUT2D eigenvalue weighted by Crippen LogP contribution is -2.30. The Morgan fingerprint density at radius 1 is 1.32 bits per heavy atom. The number of ether oxygens (including phenoxy) is 1. The molecule has 1 unspecified atom stereocenters. The second-order valence-electron chi connectivity index (χ2n) is 6.77. The van der Waals surface area contributed by atoms with E-state index >= 15 is 0 Å². The van der Waals surface area contributed by atoms with Crippen molar-refractivity contribution in [2.24, 2.45) is 5.73 Å². The van der Waals surface area contributed by atoms with Gasteiger partial charge >= 0.3 is 5.63 Å². The van der Waals surface area contributed by atoms with Crippen LogP contribution in [0, 0.1) is 6.92 Å². The summed E-state index contributed by atoms with van der Waals surface area (Å²) in [7, 11) is 1.41. The third-order valence-corrected chi connectivity index (χ3v) is 4.82. The summed E-state index contributed by atoms with van der Waals surface area (Å²) in [6, 6.07) is 6.22. The van der Waals surface area contributed by atoms with E-state index in [9.17, 15) is 14.4 Å². The summed E-state index contributed by atoms with van der Waals surface area (Å²) < 4.78 is 10.5. The average Bonchev–Trinajstić information content (AvgIpc) is 2.68. The number of primary amides is 1. The molecule has 4 N–H and O–H groups in total. The van der Waals surface area contributed by atoms with Crippen LogP contribution in [0.4, 0.5) is 5.69 Å². The third-order valence-electron chi connectivity index (χ3n) is 4.82. The molecule has 148 valence electrons. The number of carbonyl (C=O) groups is 2. The Morgan fingerprint density at radius 2 is 2.11 bits per heavy atom. The van der Waals surface area contributed by atoms with Gasteiger partial charge in [0.2, 0.25) is 0 Å². The van der Waals surface area contributed by atoms with Crippen molar-refractivity contribution in [3.63, 3.8) is 0 Å². The molecule has 1 fully saturated rings. The highest BCUT2D eigenvalue weighted by Gasteiger charge is 2.23. The molecule has 0 spiro atoms. The number of aryl methyl sites for hydroxylation is 1. The minimum absolute atomic E-state index is 0.0658. The molecular formula is C20H23N3O5. The van der Waals surface area contributed by atoms with Crippen molar-refractivity contribution in [1.82, 2.24) is 5.32 Å². The molecule has 28 heavy (non-hydrogen) atoms. The van der Waals surface area contributed by atoms with Crippen LogP contribution in [-0.4, -0.2) is 32.0 Å². The SMILES string of the molecule is COc1ccc(NC(=O)c2c(C)cc(C3CCCNC3)oc2=O)cc1C(N)=O. The van der Waals surface area contributed by atoms with Crippen molar-refractivity contribution >= 4 is 17.5 Å². The molecular weight excluding hydrogens is 362 g/mol. The number of methoxy groups -OCH3 is 1. The van der Waals surface area contributed by atoms with E-state index in [1.54, 1.807) is 19.1 Å². The van der Waals surface area contributed by atoms with Crippen LogP contribution in [0.1, 0.15) is 50.8 Å². The van der Waals surface area contributed by atoms with Crippen molar-refractivity contribution in [2.75, 3.05) is 25.5 Å². The van der Waals surface area contributed by atoms with Crippen molar-refractivity contribution in [1.29, 1.82) is 0 Å². The van der Waals surface area contributed by atoms with Gasteiger partial charge in [-0.15, -0.1) is 0 Å². The van der Waals surface area contributed by atoms with Crippen LogP contribution in [0.15, 0.2) is 33.5 Å². The fraction of sp³-hybridized carbons (Fsp3) is 0.350. The number of amides is 2. The summed E-state index contributed by atoms with van der Waals surface area (Å²) in [4.78, 5) is 36.7. The Balaban J connectivity index is 1.86. The minimum Gasteiger partial charge on any atom is -0.496 e. The average molecular weight is 385 g/mol. The van der Waals surface area contributed by atoms with Gasteiger partial charge in [-0.3, -0.25) is 9.59 Å². The molecule has 1 saturated heterocycles. The molecule has 1 aliphatic rings. The van der Waals surface area contributed by atoms with E-state index in [0.29, 0.717) is 22.8 Å². The van der Waals surface area contributed by atoms with E-state index in [2.05, 4.69) is 10.6 Å². The first-order valence-electron chi connectivity index (χ1n) is 9.05. The molecule has 8 nitrogen and oxygen atoms in total. The van der Waals surface area contributed by atoms with Gasteiger partial charge in [-0.05, 0) is 56.1 Å². The van der Waals surface area contributed by atoms with Crippen molar-refractivity contribution in [2.45, 2.75) is 25.7 Å². The lowest BCUT2D eigenvalue weighted by molar-refractivity contribution is 0.0992. The van der Waals surface area contributed by atoms with Crippen LogP contribution in [0.25, 0.3) is 0 Å². The summed E-state index contributed by atoms with van der Waals surface area (Å²) in [5.41, 5.74) is 5.58. The first-order chi connectivity index (χ1) is 13.4. The van der Waals surface area contributed by atoms with E-state index in [1.807, 2.05) is 0 Å². The van der Waals surface area contributed by atoms with Crippen LogP contribution >= 0.6 is 0 Å². The van der Waals surface area contributed by atoms with Gasteiger partial charge in [0.1, 0.15) is 17.1 Å². The molecule has 1 aliphatic heterocycles. The molecule has 1 aromatic carbocycles. The summed E-state index contributed by atoms with van der Waals surface area (Å²) in [5, 5.41) is 5.89. The summed E-state index contributed by atoms with van der Waals surface area (Å²) in [6.45, 7) is 3.40. The standard InChI is InChI=1S/C20H23N3O5/c1-11-8-16(12-4-3-7-22-10-12)28-20(26)17(11)19(25)23-13-5-6-15(27-2)14(9-13)18(21)24/h5-6,8-9,12,22H,3-4,7,10H2,1-2H3,(H2,21,24)(H,23,25). The fourth-order valence-electron chi connectivity index (χ4n) is 3.37. The zero-order valence-electron chi connectivity index (χ0n) is 15.8. The van der Waals surface area contributed by atoms with Gasteiger partial charge in [0.05, 0.1) is 12.7 Å².